The summed E-state index contributed by atoms with van der Waals surface area (Å²) in [5, 5.41) is 0. The fraction of sp³-hybridized carbons (Fsp3) is 0.188. The van der Waals surface area contributed by atoms with Crippen molar-refractivity contribution in [1.29, 1.82) is 0 Å². The van der Waals surface area contributed by atoms with Crippen LogP contribution in [0.4, 0.5) is 11.4 Å². The predicted octanol–water partition coefficient (Wildman–Crippen LogP) is 3.97. The number of anilines is 2. The molecule has 2 rings (SSSR count). The molecule has 0 N–H and O–H groups in total. The lowest BCUT2D eigenvalue weighted by molar-refractivity contribution is 0.112. The Morgan fingerprint density at radius 2 is 1.72 bits per heavy atom. The lowest BCUT2D eigenvalue weighted by Gasteiger charge is -2.25. The van der Waals surface area contributed by atoms with E-state index >= 15 is 0 Å². The Balaban J connectivity index is 2.39. The van der Waals surface area contributed by atoms with Crippen molar-refractivity contribution in [2.45, 2.75) is 13.8 Å². The van der Waals surface area contributed by atoms with E-state index in [9.17, 15) is 4.79 Å². The molecule has 0 saturated carbocycles. The third-order valence-electron chi connectivity index (χ3n) is 3.06. The summed E-state index contributed by atoms with van der Waals surface area (Å²) >= 11 is 0. The van der Waals surface area contributed by atoms with E-state index < -0.39 is 0 Å². The minimum absolute atomic E-state index is 0.708. The minimum atomic E-state index is 0.708. The summed E-state index contributed by atoms with van der Waals surface area (Å²) in [6.07, 6.45) is 0.869. The summed E-state index contributed by atoms with van der Waals surface area (Å²) in [5.41, 5.74) is 4.27. The standard InChI is InChI=1S/C16H17NO/c1-3-17(16-7-5-4-6-13(16)2)15-10-8-14(12-18)9-11-15/h4-12H,3H2,1-2H3. The van der Waals surface area contributed by atoms with Gasteiger partial charge in [0.2, 0.25) is 0 Å². The molecule has 2 aromatic carbocycles. The van der Waals surface area contributed by atoms with Crippen molar-refractivity contribution < 1.29 is 4.79 Å². The zero-order valence-electron chi connectivity index (χ0n) is 10.8. The Morgan fingerprint density at radius 1 is 1.06 bits per heavy atom. The number of rotatable bonds is 4. The number of aldehydes is 1. The smallest absolute Gasteiger partial charge is 0.150 e. The van der Waals surface area contributed by atoms with Crippen LogP contribution in [0, 0.1) is 6.92 Å². The van der Waals surface area contributed by atoms with E-state index in [4.69, 9.17) is 0 Å². The molecule has 0 spiro atoms. The molecule has 0 aliphatic heterocycles. The Morgan fingerprint density at radius 3 is 2.28 bits per heavy atom. The number of aryl methyl sites for hydroxylation is 1. The molecule has 0 aromatic heterocycles. The van der Waals surface area contributed by atoms with Gasteiger partial charge in [0.05, 0.1) is 0 Å². The summed E-state index contributed by atoms with van der Waals surface area (Å²) in [6.45, 7) is 5.13. The molecule has 2 heteroatoms. The van der Waals surface area contributed by atoms with Crippen LogP contribution in [-0.4, -0.2) is 12.8 Å². The van der Waals surface area contributed by atoms with Crippen molar-refractivity contribution in [2.24, 2.45) is 0 Å². The van der Waals surface area contributed by atoms with Gasteiger partial charge in [0.25, 0.3) is 0 Å². The van der Waals surface area contributed by atoms with Gasteiger partial charge in [0.1, 0.15) is 6.29 Å². The lowest BCUT2D eigenvalue weighted by atomic mass is 10.1. The van der Waals surface area contributed by atoms with Crippen LogP contribution in [0.5, 0.6) is 0 Å². The van der Waals surface area contributed by atoms with Gasteiger partial charge in [0.15, 0.2) is 0 Å². The first-order valence-corrected chi connectivity index (χ1v) is 6.14. The highest BCUT2D eigenvalue weighted by Crippen LogP contribution is 2.27. The van der Waals surface area contributed by atoms with E-state index in [-0.39, 0.29) is 0 Å². The van der Waals surface area contributed by atoms with Crippen molar-refractivity contribution in [3.8, 4) is 0 Å². The Kier molecular flexibility index (Phi) is 3.78. The Hall–Kier alpha value is -2.09. The fourth-order valence-corrected chi connectivity index (χ4v) is 2.09. The van der Waals surface area contributed by atoms with Crippen LogP contribution in [0.2, 0.25) is 0 Å². The molecule has 92 valence electrons. The van der Waals surface area contributed by atoms with Crippen molar-refractivity contribution in [2.75, 3.05) is 11.4 Å². The molecule has 0 aliphatic carbocycles. The van der Waals surface area contributed by atoms with Crippen molar-refractivity contribution in [3.05, 3.63) is 59.7 Å². The van der Waals surface area contributed by atoms with Crippen molar-refractivity contribution in [1.82, 2.24) is 0 Å². The first-order valence-electron chi connectivity index (χ1n) is 6.14. The average Bonchev–Trinajstić information content (AvgIpc) is 2.42. The molecule has 0 amide bonds. The lowest BCUT2D eigenvalue weighted by Crippen LogP contribution is -2.16. The highest BCUT2D eigenvalue weighted by molar-refractivity contribution is 5.76. The van der Waals surface area contributed by atoms with Crippen LogP contribution in [0.1, 0.15) is 22.8 Å². The van der Waals surface area contributed by atoms with Crippen LogP contribution in [0.25, 0.3) is 0 Å². The average molecular weight is 239 g/mol. The Labute approximate surface area is 108 Å². The number of hydrogen-bond acceptors (Lipinski definition) is 2. The second-order valence-corrected chi connectivity index (χ2v) is 4.24. The number of para-hydroxylation sites is 1. The second kappa shape index (κ2) is 5.50. The third kappa shape index (κ3) is 2.43. The summed E-state index contributed by atoms with van der Waals surface area (Å²) < 4.78 is 0. The highest BCUT2D eigenvalue weighted by atomic mass is 16.1. The molecule has 0 fully saturated rings. The second-order valence-electron chi connectivity index (χ2n) is 4.24. The first kappa shape index (κ1) is 12.4. The van der Waals surface area contributed by atoms with Gasteiger partial charge in [0, 0.05) is 23.5 Å². The molecular weight excluding hydrogens is 222 g/mol. The number of carbonyl (C=O) groups excluding carboxylic acids is 1. The van der Waals surface area contributed by atoms with Gasteiger partial charge in [-0.3, -0.25) is 4.79 Å². The van der Waals surface area contributed by atoms with E-state index in [1.807, 2.05) is 36.4 Å². The maximum atomic E-state index is 10.7. The van der Waals surface area contributed by atoms with Gasteiger partial charge >= 0.3 is 0 Å². The molecule has 0 heterocycles. The van der Waals surface area contributed by atoms with E-state index in [0.29, 0.717) is 5.56 Å². The zero-order chi connectivity index (χ0) is 13.0. The molecule has 0 saturated heterocycles. The van der Waals surface area contributed by atoms with Gasteiger partial charge in [-0.15, -0.1) is 0 Å². The molecule has 0 atom stereocenters. The normalized spacial score (nSPS) is 10.1. The monoisotopic (exact) mass is 239 g/mol. The summed E-state index contributed by atoms with van der Waals surface area (Å²) in [7, 11) is 0. The van der Waals surface area contributed by atoms with Crippen LogP contribution in [-0.2, 0) is 0 Å². The molecule has 18 heavy (non-hydrogen) atoms. The Bertz CT molecular complexity index is 531. The maximum absolute atomic E-state index is 10.7. The number of nitrogens with zero attached hydrogens (tertiary/aromatic N) is 1. The highest BCUT2D eigenvalue weighted by Gasteiger charge is 2.08. The molecule has 0 aliphatic rings. The topological polar surface area (TPSA) is 20.3 Å². The van der Waals surface area contributed by atoms with Crippen LogP contribution in [0.3, 0.4) is 0 Å². The molecule has 0 bridgehead atoms. The summed E-state index contributed by atoms with van der Waals surface area (Å²) in [5.74, 6) is 0. The molecule has 2 nitrogen and oxygen atoms in total. The largest absolute Gasteiger partial charge is 0.342 e. The summed E-state index contributed by atoms with van der Waals surface area (Å²) in [6, 6.07) is 16.0. The van der Waals surface area contributed by atoms with Crippen LogP contribution in [0.15, 0.2) is 48.5 Å². The van der Waals surface area contributed by atoms with E-state index in [1.165, 1.54) is 11.3 Å². The predicted molar refractivity (Wildman–Crippen MR) is 75.7 cm³/mol. The number of benzene rings is 2. The zero-order valence-corrected chi connectivity index (χ0v) is 10.8. The molecular formula is C16H17NO. The van der Waals surface area contributed by atoms with Gasteiger partial charge < -0.3 is 4.90 Å². The molecule has 0 radical (unpaired) electrons. The first-order chi connectivity index (χ1) is 8.76. The quantitative estimate of drug-likeness (QED) is 0.752. The van der Waals surface area contributed by atoms with Crippen LogP contribution >= 0.6 is 0 Å². The number of carbonyl (C=O) groups is 1. The van der Waals surface area contributed by atoms with Crippen molar-refractivity contribution in [3.63, 3.8) is 0 Å². The van der Waals surface area contributed by atoms with E-state index in [2.05, 4.69) is 30.9 Å². The van der Waals surface area contributed by atoms with Gasteiger partial charge in [-0.25, -0.2) is 0 Å². The fourth-order valence-electron chi connectivity index (χ4n) is 2.09. The van der Waals surface area contributed by atoms with Gasteiger partial charge in [-0.2, -0.15) is 0 Å². The van der Waals surface area contributed by atoms with Crippen LogP contribution < -0.4 is 4.90 Å². The van der Waals surface area contributed by atoms with Crippen molar-refractivity contribution >= 4 is 17.7 Å². The maximum Gasteiger partial charge on any atom is 0.150 e. The third-order valence-corrected chi connectivity index (χ3v) is 3.06. The minimum Gasteiger partial charge on any atom is -0.342 e. The molecule has 2 aromatic rings. The summed E-state index contributed by atoms with van der Waals surface area (Å²) in [4.78, 5) is 12.9. The van der Waals surface area contributed by atoms with Gasteiger partial charge in [-0.05, 0) is 49.7 Å². The SMILES string of the molecule is CCN(c1ccc(C=O)cc1)c1ccccc1C. The van der Waals surface area contributed by atoms with Gasteiger partial charge in [-0.1, -0.05) is 18.2 Å². The molecule has 0 unspecified atom stereocenters. The van der Waals surface area contributed by atoms with E-state index in [1.54, 1.807) is 0 Å². The van der Waals surface area contributed by atoms with E-state index in [0.717, 1.165) is 18.5 Å². The number of hydrogen-bond donors (Lipinski definition) is 0.